The van der Waals surface area contributed by atoms with Gasteiger partial charge in [-0.15, -0.1) is 5.10 Å². The maximum atomic E-state index is 13.0. The van der Waals surface area contributed by atoms with E-state index in [0.717, 1.165) is 60.4 Å². The molecule has 1 saturated carbocycles. The highest BCUT2D eigenvalue weighted by Gasteiger charge is 2.22. The maximum absolute atomic E-state index is 13.0. The highest BCUT2D eigenvalue weighted by atomic mass is 19.1. The summed E-state index contributed by atoms with van der Waals surface area (Å²) < 4.78 is 22.4. The zero-order valence-corrected chi connectivity index (χ0v) is 18.5. The number of fused-ring (bicyclic) bond motifs is 2. The lowest BCUT2D eigenvalue weighted by atomic mass is 9.93. The predicted octanol–water partition coefficient (Wildman–Crippen LogP) is 4.18. The Kier molecular flexibility index (Phi) is 5.73. The quantitative estimate of drug-likeness (QED) is 0.467. The molecule has 32 heavy (non-hydrogen) atoms. The van der Waals surface area contributed by atoms with E-state index in [1.807, 2.05) is 53.5 Å². The van der Waals surface area contributed by atoms with E-state index in [4.69, 9.17) is 9.72 Å². The van der Waals surface area contributed by atoms with Crippen LogP contribution in [0, 0.1) is 6.92 Å². The molecule has 0 amide bonds. The van der Waals surface area contributed by atoms with Crippen LogP contribution in [-0.4, -0.2) is 54.6 Å². The Morgan fingerprint density at radius 1 is 1.16 bits per heavy atom. The summed E-state index contributed by atoms with van der Waals surface area (Å²) in [7, 11) is 0. The van der Waals surface area contributed by atoms with Gasteiger partial charge in [0.1, 0.15) is 18.0 Å². The van der Waals surface area contributed by atoms with Gasteiger partial charge in [0.25, 0.3) is 0 Å². The highest BCUT2D eigenvalue weighted by molar-refractivity contribution is 5.82. The maximum Gasteiger partial charge on any atom is 0.241 e. The molecule has 9 heteroatoms. The van der Waals surface area contributed by atoms with Crippen LogP contribution in [0.3, 0.4) is 0 Å². The fourth-order valence-electron chi connectivity index (χ4n) is 4.59. The van der Waals surface area contributed by atoms with Crippen LogP contribution in [0.2, 0.25) is 0 Å². The molecule has 0 spiro atoms. The molecule has 1 aliphatic carbocycles. The minimum Gasteiger partial charge on any atom is -0.379 e. The summed E-state index contributed by atoms with van der Waals surface area (Å²) in [6.45, 7) is 4.49. The minimum absolute atomic E-state index is 0.250. The average Bonchev–Trinajstić information content (AvgIpc) is 3.36. The Labute approximate surface area is 185 Å². The smallest absolute Gasteiger partial charge is 0.241 e. The van der Waals surface area contributed by atoms with Gasteiger partial charge in [0.2, 0.25) is 5.95 Å². The van der Waals surface area contributed by atoms with Crippen LogP contribution in [-0.2, 0) is 11.3 Å². The van der Waals surface area contributed by atoms with Gasteiger partial charge in [-0.3, -0.25) is 0 Å². The van der Waals surface area contributed by atoms with Crippen molar-refractivity contribution in [1.82, 2.24) is 29.1 Å². The molecular weight excluding hydrogens is 409 g/mol. The number of halogens is 1. The number of hydrogen-bond donors (Lipinski definition) is 1. The zero-order valence-electron chi connectivity index (χ0n) is 18.5. The van der Waals surface area contributed by atoms with Crippen molar-refractivity contribution in [1.29, 1.82) is 0 Å². The summed E-state index contributed by atoms with van der Waals surface area (Å²) in [5, 5.41) is 8.12. The normalized spacial score (nSPS) is 19.1. The van der Waals surface area contributed by atoms with Gasteiger partial charge in [0.15, 0.2) is 5.65 Å². The topological polar surface area (TPSA) is 82.2 Å². The number of ether oxygens (including phenoxy) is 1. The van der Waals surface area contributed by atoms with Crippen molar-refractivity contribution < 1.29 is 9.13 Å². The Morgan fingerprint density at radius 3 is 2.78 bits per heavy atom. The van der Waals surface area contributed by atoms with Gasteiger partial charge < -0.3 is 14.6 Å². The Balaban J connectivity index is 1.38. The van der Waals surface area contributed by atoms with Crippen LogP contribution < -0.4 is 5.32 Å². The lowest BCUT2D eigenvalue weighted by Crippen LogP contribution is -2.30. The first-order valence-corrected chi connectivity index (χ1v) is 11.3. The molecule has 0 aliphatic heterocycles. The molecule has 1 aliphatic rings. The number of pyridine rings is 1. The fraction of sp³-hybridized carbons (Fsp3) is 0.478. The largest absolute Gasteiger partial charge is 0.379 e. The Hall–Kier alpha value is -3.07. The lowest BCUT2D eigenvalue weighted by Gasteiger charge is -2.28. The van der Waals surface area contributed by atoms with Crippen molar-refractivity contribution in [3.63, 3.8) is 0 Å². The molecule has 4 heterocycles. The second-order valence-electron chi connectivity index (χ2n) is 8.25. The summed E-state index contributed by atoms with van der Waals surface area (Å²) in [5.41, 5.74) is 4.06. The third-order valence-electron chi connectivity index (χ3n) is 6.19. The summed E-state index contributed by atoms with van der Waals surface area (Å²) in [6.07, 6.45) is 8.36. The van der Waals surface area contributed by atoms with Crippen molar-refractivity contribution in [2.45, 2.75) is 58.2 Å². The van der Waals surface area contributed by atoms with E-state index in [2.05, 4.69) is 20.4 Å². The van der Waals surface area contributed by atoms with E-state index >= 15 is 0 Å². The molecule has 0 saturated heterocycles. The minimum atomic E-state index is -0.454. The lowest BCUT2D eigenvalue weighted by molar-refractivity contribution is 0.0346. The van der Waals surface area contributed by atoms with Crippen LogP contribution in [0.25, 0.3) is 27.9 Å². The van der Waals surface area contributed by atoms with Crippen LogP contribution in [0.5, 0.6) is 0 Å². The molecule has 0 unspecified atom stereocenters. The summed E-state index contributed by atoms with van der Waals surface area (Å²) in [6, 6.07) is 6.21. The van der Waals surface area contributed by atoms with Crippen LogP contribution in [0.15, 0.2) is 30.6 Å². The van der Waals surface area contributed by atoms with Gasteiger partial charge in [-0.05, 0) is 57.7 Å². The number of anilines is 1. The van der Waals surface area contributed by atoms with E-state index in [-0.39, 0.29) is 6.54 Å². The Morgan fingerprint density at radius 2 is 2.00 bits per heavy atom. The number of nitrogens with zero attached hydrogens (tertiary/aromatic N) is 6. The second-order valence-corrected chi connectivity index (χ2v) is 8.25. The van der Waals surface area contributed by atoms with Crippen molar-refractivity contribution in [3.05, 3.63) is 36.4 Å². The Bertz CT molecular complexity index is 1230. The molecule has 168 valence electrons. The SMILES string of the molecule is CCO[C@H]1CC[C@H](Nc2ncc3c(-c4ccc5nc(C)n(CCF)c5n4)ccn3n2)CC1. The second kappa shape index (κ2) is 8.82. The number of aromatic nitrogens is 6. The molecule has 0 radical (unpaired) electrons. The summed E-state index contributed by atoms with van der Waals surface area (Å²) in [5.74, 6) is 1.39. The van der Waals surface area contributed by atoms with Crippen molar-refractivity contribution >= 4 is 22.6 Å². The number of hydrogen-bond acceptors (Lipinski definition) is 6. The number of alkyl halides is 1. The highest BCUT2D eigenvalue weighted by Crippen LogP contribution is 2.27. The van der Waals surface area contributed by atoms with E-state index in [0.29, 0.717) is 23.7 Å². The molecule has 1 fully saturated rings. The van der Waals surface area contributed by atoms with Gasteiger partial charge in [0.05, 0.1) is 30.1 Å². The first-order valence-electron chi connectivity index (χ1n) is 11.3. The van der Waals surface area contributed by atoms with E-state index in [1.165, 1.54) is 0 Å². The molecule has 4 aromatic rings. The van der Waals surface area contributed by atoms with Crippen molar-refractivity contribution in [2.24, 2.45) is 0 Å². The molecule has 0 atom stereocenters. The van der Waals surface area contributed by atoms with Gasteiger partial charge in [-0.1, -0.05) is 0 Å². The van der Waals surface area contributed by atoms with Crippen LogP contribution in [0.4, 0.5) is 10.3 Å². The predicted molar refractivity (Wildman–Crippen MR) is 122 cm³/mol. The van der Waals surface area contributed by atoms with Gasteiger partial charge in [-0.2, -0.15) is 0 Å². The fourth-order valence-corrected chi connectivity index (χ4v) is 4.59. The number of nitrogens with one attached hydrogen (secondary N) is 1. The molecule has 0 bridgehead atoms. The summed E-state index contributed by atoms with van der Waals surface area (Å²) in [4.78, 5) is 13.8. The van der Waals surface area contributed by atoms with E-state index < -0.39 is 6.67 Å². The first-order chi connectivity index (χ1) is 15.7. The number of rotatable bonds is 7. The number of aryl methyl sites for hydroxylation is 2. The third kappa shape index (κ3) is 3.92. The standard InChI is InChI=1S/C23H28FN7O/c1-3-32-17-6-4-16(5-7-17)27-23-25-14-21-18(10-12-31(21)29-23)19-8-9-20-22(28-19)30(13-11-24)15(2)26-20/h8-10,12,14,16-17H,3-7,11,13H2,1-2H3,(H,27,29)/t16-,17-. The van der Waals surface area contributed by atoms with Crippen LogP contribution >= 0.6 is 0 Å². The van der Waals surface area contributed by atoms with Gasteiger partial charge >= 0.3 is 0 Å². The van der Waals surface area contributed by atoms with Crippen molar-refractivity contribution in [3.8, 4) is 11.3 Å². The van der Waals surface area contributed by atoms with Gasteiger partial charge in [0, 0.05) is 24.4 Å². The van der Waals surface area contributed by atoms with Crippen LogP contribution in [0.1, 0.15) is 38.4 Å². The molecule has 5 rings (SSSR count). The molecule has 0 aromatic carbocycles. The molecule has 4 aromatic heterocycles. The molecular formula is C23H28FN7O. The summed E-state index contributed by atoms with van der Waals surface area (Å²) >= 11 is 0. The molecule has 8 nitrogen and oxygen atoms in total. The van der Waals surface area contributed by atoms with E-state index in [9.17, 15) is 4.39 Å². The van der Waals surface area contributed by atoms with Gasteiger partial charge in [-0.25, -0.2) is 23.9 Å². The number of imidazole rings is 1. The monoisotopic (exact) mass is 437 g/mol. The zero-order chi connectivity index (χ0) is 22.1. The van der Waals surface area contributed by atoms with E-state index in [1.54, 1.807) is 0 Å². The van der Waals surface area contributed by atoms with Crippen molar-refractivity contribution in [2.75, 3.05) is 18.6 Å². The average molecular weight is 438 g/mol. The third-order valence-corrected chi connectivity index (χ3v) is 6.19. The molecule has 1 N–H and O–H groups in total. The first kappa shape index (κ1) is 20.8.